The van der Waals surface area contributed by atoms with Crippen molar-refractivity contribution in [3.05, 3.63) is 59.1 Å². The average molecular weight is 373 g/mol. The fraction of sp³-hybridized carbons (Fsp3) is 0.300. The molecule has 6 heteroatoms. The van der Waals surface area contributed by atoms with Crippen LogP contribution in [0.2, 0.25) is 5.02 Å². The van der Waals surface area contributed by atoms with E-state index in [1.807, 2.05) is 31.2 Å². The van der Waals surface area contributed by atoms with Crippen LogP contribution in [-0.4, -0.2) is 42.5 Å². The topological polar surface area (TPSA) is 49.9 Å². The van der Waals surface area contributed by atoms with Gasteiger partial charge in [-0.05, 0) is 50.2 Å². The van der Waals surface area contributed by atoms with Crippen molar-refractivity contribution in [2.45, 2.75) is 19.9 Å². The summed E-state index contributed by atoms with van der Waals surface area (Å²) >= 11 is 5.88. The Morgan fingerprint density at radius 1 is 1.15 bits per heavy atom. The van der Waals surface area contributed by atoms with E-state index >= 15 is 0 Å². The van der Waals surface area contributed by atoms with Gasteiger partial charge in [-0.1, -0.05) is 23.7 Å². The maximum atomic E-state index is 12.9. The Kier molecular flexibility index (Phi) is 5.47. The Hall–Kier alpha value is -2.53. The molecule has 3 rings (SSSR count). The third kappa shape index (κ3) is 3.53. The molecule has 1 saturated heterocycles. The molecule has 0 aliphatic carbocycles. The van der Waals surface area contributed by atoms with Gasteiger partial charge in [0.25, 0.3) is 5.91 Å². The molecule has 0 bridgehead atoms. The highest BCUT2D eigenvalue weighted by atomic mass is 35.5. The maximum Gasteiger partial charge on any atom is 0.254 e. The lowest BCUT2D eigenvalue weighted by molar-refractivity contribution is -0.124. The fourth-order valence-corrected chi connectivity index (χ4v) is 3.23. The van der Waals surface area contributed by atoms with Crippen LogP contribution >= 0.6 is 11.6 Å². The van der Waals surface area contributed by atoms with Crippen LogP contribution in [-0.2, 0) is 4.79 Å². The predicted octanol–water partition coefficient (Wildman–Crippen LogP) is 3.62. The summed E-state index contributed by atoms with van der Waals surface area (Å²) in [6.07, 6.45) is 0. The summed E-state index contributed by atoms with van der Waals surface area (Å²) < 4.78 is 5.64. The Bertz CT molecular complexity index is 807. The Morgan fingerprint density at radius 2 is 1.85 bits per heavy atom. The molecular weight excluding hydrogens is 352 g/mol. The van der Waals surface area contributed by atoms with Gasteiger partial charge in [-0.25, -0.2) is 0 Å². The number of halogens is 1. The van der Waals surface area contributed by atoms with E-state index in [1.54, 1.807) is 41.0 Å². The first-order valence-electron chi connectivity index (χ1n) is 8.62. The van der Waals surface area contributed by atoms with Gasteiger partial charge in [-0.3, -0.25) is 9.59 Å². The number of rotatable bonds is 4. The second kappa shape index (κ2) is 7.79. The lowest BCUT2D eigenvalue weighted by Crippen LogP contribution is -2.57. The number of para-hydroxylation sites is 2. The second-order valence-corrected chi connectivity index (χ2v) is 6.51. The van der Waals surface area contributed by atoms with Crippen molar-refractivity contribution in [3.8, 4) is 5.75 Å². The molecule has 0 aromatic heterocycles. The maximum absolute atomic E-state index is 12.9. The summed E-state index contributed by atoms with van der Waals surface area (Å²) in [6.45, 7) is 5.06. The minimum absolute atomic E-state index is 0.120. The third-order valence-corrected chi connectivity index (χ3v) is 4.72. The predicted molar refractivity (Wildman–Crippen MR) is 102 cm³/mol. The number of hydrogen-bond donors (Lipinski definition) is 0. The number of hydrogen-bond acceptors (Lipinski definition) is 3. The van der Waals surface area contributed by atoms with Crippen LogP contribution < -0.4 is 9.64 Å². The lowest BCUT2D eigenvalue weighted by Gasteiger charge is -2.39. The molecule has 0 N–H and O–H groups in total. The van der Waals surface area contributed by atoms with Gasteiger partial charge in [0.15, 0.2) is 0 Å². The van der Waals surface area contributed by atoms with Gasteiger partial charge < -0.3 is 14.5 Å². The molecular formula is C20H21ClN2O3. The number of carbonyl (C=O) groups excluding carboxylic acids is 2. The zero-order valence-corrected chi connectivity index (χ0v) is 15.6. The number of anilines is 1. The summed E-state index contributed by atoms with van der Waals surface area (Å²) in [6, 6.07) is 13.6. The molecule has 0 radical (unpaired) electrons. The van der Waals surface area contributed by atoms with E-state index in [0.717, 1.165) is 5.69 Å². The molecule has 0 spiro atoms. The number of benzene rings is 2. The molecule has 136 valence electrons. The molecule has 1 heterocycles. The SMILES string of the molecule is CCOc1ccccc1N1CCN(C(=O)c2ccc(Cl)cc2)C(C)C1=O. The van der Waals surface area contributed by atoms with Crippen molar-refractivity contribution in [2.24, 2.45) is 0 Å². The summed E-state index contributed by atoms with van der Waals surface area (Å²) in [7, 11) is 0. The van der Waals surface area contributed by atoms with Crippen LogP contribution in [0.25, 0.3) is 0 Å². The molecule has 2 aromatic rings. The van der Waals surface area contributed by atoms with Crippen LogP contribution in [0.15, 0.2) is 48.5 Å². The number of carbonyl (C=O) groups is 2. The van der Waals surface area contributed by atoms with Crippen molar-refractivity contribution in [3.63, 3.8) is 0 Å². The van der Waals surface area contributed by atoms with Crippen LogP contribution in [0.4, 0.5) is 5.69 Å². The molecule has 5 nitrogen and oxygen atoms in total. The molecule has 2 amide bonds. The van der Waals surface area contributed by atoms with Gasteiger partial charge in [-0.15, -0.1) is 0 Å². The summed E-state index contributed by atoms with van der Waals surface area (Å²) in [5.41, 5.74) is 1.27. The van der Waals surface area contributed by atoms with Crippen molar-refractivity contribution in [1.82, 2.24) is 4.90 Å². The van der Waals surface area contributed by atoms with E-state index < -0.39 is 6.04 Å². The second-order valence-electron chi connectivity index (χ2n) is 6.07. The van der Waals surface area contributed by atoms with Gasteiger partial charge in [0.1, 0.15) is 11.8 Å². The number of amides is 2. The van der Waals surface area contributed by atoms with E-state index in [4.69, 9.17) is 16.3 Å². The Labute approximate surface area is 158 Å². The fourth-order valence-electron chi connectivity index (χ4n) is 3.10. The number of piperazine rings is 1. The summed E-state index contributed by atoms with van der Waals surface area (Å²) in [5.74, 6) is 0.388. The van der Waals surface area contributed by atoms with E-state index in [1.165, 1.54) is 0 Å². The highest BCUT2D eigenvalue weighted by Crippen LogP contribution is 2.30. The van der Waals surface area contributed by atoms with Crippen LogP contribution in [0.1, 0.15) is 24.2 Å². The van der Waals surface area contributed by atoms with Gasteiger partial charge in [-0.2, -0.15) is 0 Å². The molecule has 1 aliphatic rings. The standard InChI is InChI=1S/C20H21ClN2O3/c1-3-26-18-7-5-4-6-17(18)23-13-12-22(14(2)19(23)24)20(25)15-8-10-16(21)11-9-15/h4-11,14H,3,12-13H2,1-2H3. The van der Waals surface area contributed by atoms with Gasteiger partial charge in [0.2, 0.25) is 5.91 Å². The quantitative estimate of drug-likeness (QED) is 0.823. The van der Waals surface area contributed by atoms with E-state index in [2.05, 4.69) is 0 Å². The molecule has 26 heavy (non-hydrogen) atoms. The number of nitrogens with zero attached hydrogens (tertiary/aromatic N) is 2. The van der Waals surface area contributed by atoms with Gasteiger partial charge in [0.05, 0.1) is 12.3 Å². The molecule has 1 atom stereocenters. The van der Waals surface area contributed by atoms with E-state index in [9.17, 15) is 9.59 Å². The largest absolute Gasteiger partial charge is 0.492 e. The van der Waals surface area contributed by atoms with Crippen molar-refractivity contribution < 1.29 is 14.3 Å². The molecule has 2 aromatic carbocycles. The first-order valence-corrected chi connectivity index (χ1v) is 9.00. The van der Waals surface area contributed by atoms with Gasteiger partial charge in [0, 0.05) is 23.7 Å². The smallest absolute Gasteiger partial charge is 0.254 e. The molecule has 1 unspecified atom stereocenters. The third-order valence-electron chi connectivity index (χ3n) is 4.46. The van der Waals surface area contributed by atoms with Crippen LogP contribution in [0, 0.1) is 0 Å². The van der Waals surface area contributed by atoms with Gasteiger partial charge >= 0.3 is 0 Å². The zero-order chi connectivity index (χ0) is 18.7. The van der Waals surface area contributed by atoms with Crippen molar-refractivity contribution in [2.75, 3.05) is 24.6 Å². The normalized spacial score (nSPS) is 17.3. The Balaban J connectivity index is 1.81. The lowest BCUT2D eigenvalue weighted by atomic mass is 10.1. The zero-order valence-electron chi connectivity index (χ0n) is 14.8. The molecule has 1 fully saturated rings. The highest BCUT2D eigenvalue weighted by Gasteiger charge is 2.36. The monoisotopic (exact) mass is 372 g/mol. The first-order chi connectivity index (χ1) is 12.5. The van der Waals surface area contributed by atoms with E-state index in [-0.39, 0.29) is 11.8 Å². The Morgan fingerprint density at radius 3 is 2.54 bits per heavy atom. The minimum atomic E-state index is -0.554. The average Bonchev–Trinajstić information content (AvgIpc) is 2.65. The minimum Gasteiger partial charge on any atom is -0.492 e. The summed E-state index contributed by atoms with van der Waals surface area (Å²) in [4.78, 5) is 29.0. The first kappa shape index (κ1) is 18.3. The molecule has 1 aliphatic heterocycles. The highest BCUT2D eigenvalue weighted by molar-refractivity contribution is 6.30. The van der Waals surface area contributed by atoms with Crippen LogP contribution in [0.5, 0.6) is 5.75 Å². The van der Waals surface area contributed by atoms with Crippen LogP contribution in [0.3, 0.4) is 0 Å². The summed E-state index contributed by atoms with van der Waals surface area (Å²) in [5, 5.41) is 0.572. The van der Waals surface area contributed by atoms with Crippen molar-refractivity contribution in [1.29, 1.82) is 0 Å². The molecule has 0 saturated carbocycles. The van der Waals surface area contributed by atoms with Crippen molar-refractivity contribution >= 4 is 29.1 Å². The van der Waals surface area contributed by atoms with E-state index in [0.29, 0.717) is 36.0 Å². The number of ether oxygens (including phenoxy) is 1.